The number of ether oxygens (including phenoxy) is 5. The number of pyridine rings is 2. The number of carbonyl (C=O) groups excluding carboxylic acids is 2. The Morgan fingerprint density at radius 3 is 2.50 bits per heavy atom. The second kappa shape index (κ2) is 16.0. The van der Waals surface area contributed by atoms with Crippen LogP contribution in [-0.2, 0) is 36.4 Å². The number of nitrogens with one attached hydrogen (secondary N) is 1. The topological polar surface area (TPSA) is 158 Å². The standard InChI is InChI=1S/C35H52N6O8Si/c1-34(2,3)49-33(43)40-14-15-46-26(20-40)22-47-27-17-28(37-19-25(27)18-36)38-32(42)41-13-11-12-23-16-24(21-48-50(9,10)35(4,5)6)29(39-30(23)41)31(44-7)45-8/h16-17,19,26,31H,11-15,20-22H2,1-10H3,(H,37,38,42). The molecule has 0 aromatic carbocycles. The van der Waals surface area contributed by atoms with E-state index in [4.69, 9.17) is 33.1 Å². The number of urea groups is 1. The number of fused-ring (bicyclic) bond motifs is 1. The molecule has 1 saturated heterocycles. The highest BCUT2D eigenvalue weighted by atomic mass is 28.4. The maximum absolute atomic E-state index is 13.8. The van der Waals surface area contributed by atoms with Crippen LogP contribution >= 0.6 is 0 Å². The number of rotatable bonds is 10. The SMILES string of the molecule is COC(OC)c1nc2c(cc1CO[Si](C)(C)C(C)(C)C)CCCN2C(=O)Nc1cc(OCC2CN(C(=O)OC(C)(C)C)CCO2)c(C#N)cn1. The number of hydrogen-bond donors (Lipinski definition) is 1. The summed E-state index contributed by atoms with van der Waals surface area (Å²) in [6.45, 7) is 18.3. The van der Waals surface area contributed by atoms with E-state index in [1.807, 2.05) is 26.8 Å². The summed E-state index contributed by atoms with van der Waals surface area (Å²) in [6.07, 6.45) is 1.20. The van der Waals surface area contributed by atoms with Crippen molar-refractivity contribution in [3.8, 4) is 11.8 Å². The number of anilines is 2. The molecule has 3 amide bonds. The number of hydrogen-bond acceptors (Lipinski definition) is 11. The van der Waals surface area contributed by atoms with E-state index in [1.165, 1.54) is 12.3 Å². The quantitative estimate of drug-likeness (QED) is 0.222. The molecule has 1 unspecified atom stereocenters. The van der Waals surface area contributed by atoms with Gasteiger partial charge in [0.25, 0.3) is 0 Å². The van der Waals surface area contributed by atoms with Gasteiger partial charge in [0, 0.05) is 38.9 Å². The lowest BCUT2D eigenvalue weighted by Crippen LogP contribution is -2.49. The van der Waals surface area contributed by atoms with E-state index in [9.17, 15) is 14.9 Å². The molecule has 0 spiro atoms. The van der Waals surface area contributed by atoms with Gasteiger partial charge < -0.3 is 33.0 Å². The van der Waals surface area contributed by atoms with Gasteiger partial charge >= 0.3 is 12.1 Å². The molecule has 4 rings (SSSR count). The average molecular weight is 713 g/mol. The van der Waals surface area contributed by atoms with Gasteiger partial charge in [-0.2, -0.15) is 5.26 Å². The first-order valence-electron chi connectivity index (χ1n) is 16.9. The lowest BCUT2D eigenvalue weighted by atomic mass is 10.0. The number of nitriles is 1. The maximum Gasteiger partial charge on any atom is 0.410 e. The summed E-state index contributed by atoms with van der Waals surface area (Å²) in [5.41, 5.74) is 1.90. The zero-order chi connectivity index (χ0) is 36.9. The summed E-state index contributed by atoms with van der Waals surface area (Å²) >= 11 is 0. The molecule has 1 atom stereocenters. The van der Waals surface area contributed by atoms with E-state index in [-0.39, 0.29) is 35.3 Å². The lowest BCUT2D eigenvalue weighted by Gasteiger charge is -2.36. The van der Waals surface area contributed by atoms with Crippen molar-refractivity contribution in [2.45, 2.75) is 97.1 Å². The van der Waals surface area contributed by atoms with Gasteiger partial charge in [-0.05, 0) is 63.4 Å². The molecule has 50 heavy (non-hydrogen) atoms. The first-order chi connectivity index (χ1) is 23.5. The third kappa shape index (κ3) is 9.70. The van der Waals surface area contributed by atoms with Crippen molar-refractivity contribution in [2.75, 3.05) is 57.3 Å². The molecule has 0 radical (unpaired) electrons. The fourth-order valence-electron chi connectivity index (χ4n) is 5.25. The molecule has 2 aromatic heterocycles. The van der Waals surface area contributed by atoms with E-state index < -0.39 is 38.4 Å². The Hall–Kier alpha value is -3.81. The van der Waals surface area contributed by atoms with Crippen LogP contribution in [0.5, 0.6) is 5.75 Å². The largest absolute Gasteiger partial charge is 0.489 e. The van der Waals surface area contributed by atoms with Gasteiger partial charge in [-0.15, -0.1) is 0 Å². The molecule has 2 aliphatic rings. The Bertz CT molecular complexity index is 1560. The molecule has 15 heteroatoms. The van der Waals surface area contributed by atoms with Gasteiger partial charge in [-0.1, -0.05) is 20.8 Å². The molecule has 14 nitrogen and oxygen atoms in total. The molecule has 0 aliphatic carbocycles. The fraction of sp³-hybridized carbons (Fsp3) is 0.629. The van der Waals surface area contributed by atoms with Crippen LogP contribution in [0, 0.1) is 11.3 Å². The van der Waals surface area contributed by atoms with Crippen LogP contribution in [0.25, 0.3) is 0 Å². The minimum absolute atomic E-state index is 0.0304. The summed E-state index contributed by atoms with van der Waals surface area (Å²) < 4.78 is 35.1. The summed E-state index contributed by atoms with van der Waals surface area (Å²) in [7, 11) is 1.03. The number of aryl methyl sites for hydroxylation is 1. The predicted molar refractivity (Wildman–Crippen MR) is 190 cm³/mol. The highest BCUT2D eigenvalue weighted by Crippen LogP contribution is 2.38. The molecule has 1 fully saturated rings. The van der Waals surface area contributed by atoms with E-state index >= 15 is 0 Å². The summed E-state index contributed by atoms with van der Waals surface area (Å²) in [6, 6.07) is 5.18. The first kappa shape index (κ1) is 39.0. The van der Waals surface area contributed by atoms with E-state index in [0.29, 0.717) is 37.8 Å². The third-order valence-electron chi connectivity index (χ3n) is 9.00. The average Bonchev–Trinajstić information content (AvgIpc) is 3.05. The van der Waals surface area contributed by atoms with Crippen molar-refractivity contribution in [3.63, 3.8) is 0 Å². The Morgan fingerprint density at radius 1 is 1.14 bits per heavy atom. The Labute approximate surface area is 296 Å². The summed E-state index contributed by atoms with van der Waals surface area (Å²) in [4.78, 5) is 38.7. The molecule has 0 saturated carbocycles. The minimum Gasteiger partial charge on any atom is -0.489 e. The van der Waals surface area contributed by atoms with Gasteiger partial charge in [0.15, 0.2) is 8.32 Å². The van der Waals surface area contributed by atoms with Crippen LogP contribution in [0.3, 0.4) is 0 Å². The van der Waals surface area contributed by atoms with Gasteiger partial charge in [0.2, 0.25) is 6.29 Å². The van der Waals surface area contributed by atoms with E-state index in [1.54, 1.807) is 24.0 Å². The third-order valence-corrected chi connectivity index (χ3v) is 13.5. The predicted octanol–water partition coefficient (Wildman–Crippen LogP) is 6.16. The first-order valence-corrected chi connectivity index (χ1v) is 19.8. The lowest BCUT2D eigenvalue weighted by molar-refractivity contribution is -0.109. The second-order valence-corrected chi connectivity index (χ2v) is 19.8. The number of carbonyl (C=O) groups is 2. The van der Waals surface area contributed by atoms with Crippen molar-refractivity contribution >= 4 is 32.1 Å². The number of amides is 3. The van der Waals surface area contributed by atoms with E-state index in [0.717, 1.165) is 24.0 Å². The molecular weight excluding hydrogens is 661 g/mol. The second-order valence-electron chi connectivity index (χ2n) is 15.0. The highest BCUT2D eigenvalue weighted by Gasteiger charge is 2.38. The number of nitrogens with zero attached hydrogens (tertiary/aromatic N) is 5. The Morgan fingerprint density at radius 2 is 1.86 bits per heavy atom. The zero-order valence-corrected chi connectivity index (χ0v) is 32.0. The molecule has 2 aliphatic heterocycles. The van der Waals surface area contributed by atoms with Gasteiger partial charge in [0.05, 0.1) is 26.0 Å². The van der Waals surface area contributed by atoms with Crippen molar-refractivity contribution in [1.29, 1.82) is 5.26 Å². The molecule has 1 N–H and O–H groups in total. The van der Waals surface area contributed by atoms with Crippen molar-refractivity contribution in [2.24, 2.45) is 0 Å². The van der Waals surface area contributed by atoms with Crippen LogP contribution in [0.1, 0.15) is 76.6 Å². The number of aromatic nitrogens is 2. The van der Waals surface area contributed by atoms with Crippen LogP contribution in [-0.4, -0.2) is 94.1 Å². The Kier molecular flexibility index (Phi) is 12.5. The van der Waals surface area contributed by atoms with Gasteiger partial charge in [-0.25, -0.2) is 19.6 Å². The normalized spacial score (nSPS) is 16.9. The summed E-state index contributed by atoms with van der Waals surface area (Å²) in [5.74, 6) is 0.931. The minimum atomic E-state index is -2.07. The summed E-state index contributed by atoms with van der Waals surface area (Å²) in [5, 5.41) is 12.6. The van der Waals surface area contributed by atoms with Crippen LogP contribution in [0.15, 0.2) is 18.3 Å². The zero-order valence-electron chi connectivity index (χ0n) is 31.0. The van der Waals surface area contributed by atoms with Crippen molar-refractivity contribution in [1.82, 2.24) is 14.9 Å². The maximum atomic E-state index is 13.8. The smallest absolute Gasteiger partial charge is 0.410 e. The molecule has 0 bridgehead atoms. The van der Waals surface area contributed by atoms with Crippen LogP contribution < -0.4 is 15.0 Å². The van der Waals surface area contributed by atoms with Crippen LogP contribution in [0.4, 0.5) is 21.2 Å². The molecule has 274 valence electrons. The van der Waals surface area contributed by atoms with E-state index in [2.05, 4.69) is 50.2 Å². The molecule has 4 heterocycles. The highest BCUT2D eigenvalue weighted by molar-refractivity contribution is 6.74. The van der Waals surface area contributed by atoms with Crippen LogP contribution in [0.2, 0.25) is 18.1 Å². The van der Waals surface area contributed by atoms with Crippen molar-refractivity contribution in [3.05, 3.63) is 40.7 Å². The number of methoxy groups -OCH3 is 2. The fourth-order valence-corrected chi connectivity index (χ4v) is 6.20. The number of morpholine rings is 1. The monoisotopic (exact) mass is 712 g/mol. The molecular formula is C35H52N6O8Si. The van der Waals surface area contributed by atoms with Crippen molar-refractivity contribution < 1.29 is 37.7 Å². The van der Waals surface area contributed by atoms with Gasteiger partial charge in [0.1, 0.15) is 53.0 Å². The van der Waals surface area contributed by atoms with Gasteiger partial charge in [-0.3, -0.25) is 10.2 Å². The molecule has 2 aromatic rings. The Balaban J connectivity index is 1.51.